The van der Waals surface area contributed by atoms with Crippen LogP contribution in [0.4, 0.5) is 0 Å². The molecule has 2 aromatic carbocycles. The Morgan fingerprint density at radius 1 is 1.15 bits per heavy atom. The van der Waals surface area contributed by atoms with Crippen LogP contribution in [0, 0.1) is 11.3 Å². The summed E-state index contributed by atoms with van der Waals surface area (Å²) in [4.78, 5) is 24.5. The number of ether oxygens (including phenoxy) is 2. The van der Waals surface area contributed by atoms with Gasteiger partial charge >= 0.3 is 7.12 Å². The summed E-state index contributed by atoms with van der Waals surface area (Å²) in [5.41, 5.74) is 1.32. The predicted octanol–water partition coefficient (Wildman–Crippen LogP) is 1.46. The van der Waals surface area contributed by atoms with Gasteiger partial charge in [0.25, 0.3) is 5.91 Å². The predicted molar refractivity (Wildman–Crippen MR) is 127 cm³/mol. The van der Waals surface area contributed by atoms with E-state index >= 15 is 0 Å². The molecule has 178 valence electrons. The van der Waals surface area contributed by atoms with Gasteiger partial charge in [0.05, 0.1) is 25.7 Å². The quantitative estimate of drug-likeness (QED) is 0.152. The Hall–Kier alpha value is -3.65. The summed E-state index contributed by atoms with van der Waals surface area (Å²) >= 11 is 0. The van der Waals surface area contributed by atoms with Crippen LogP contribution in [0.5, 0.6) is 5.75 Å². The highest BCUT2D eigenvalue weighted by molar-refractivity contribution is 6.41. The molecule has 0 aliphatic carbocycles. The van der Waals surface area contributed by atoms with Gasteiger partial charge in [-0.3, -0.25) is 9.59 Å². The molecule has 1 atom stereocenters. The SMILES string of the molecule is COCCNC(=O)C(C#N)=Cc1cccc(OCCC(=O)N[C@@H](CB(O)O)c2ccccc2)c1. The number of methoxy groups -OCH3 is 1. The minimum atomic E-state index is -1.56. The van der Waals surface area contributed by atoms with Crippen LogP contribution in [0.3, 0.4) is 0 Å². The van der Waals surface area contributed by atoms with Crippen molar-refractivity contribution >= 4 is 25.0 Å². The molecule has 0 aliphatic rings. The molecular formula is C24H28BN3O6. The van der Waals surface area contributed by atoms with E-state index in [4.69, 9.17) is 9.47 Å². The highest BCUT2D eigenvalue weighted by Gasteiger charge is 2.20. The van der Waals surface area contributed by atoms with Crippen LogP contribution >= 0.6 is 0 Å². The normalized spacial score (nSPS) is 11.8. The fourth-order valence-electron chi connectivity index (χ4n) is 3.07. The van der Waals surface area contributed by atoms with E-state index in [0.717, 1.165) is 5.56 Å². The van der Waals surface area contributed by atoms with Crippen molar-refractivity contribution in [2.45, 2.75) is 18.8 Å². The molecule has 34 heavy (non-hydrogen) atoms. The molecule has 2 amide bonds. The number of nitrogens with zero attached hydrogens (tertiary/aromatic N) is 1. The lowest BCUT2D eigenvalue weighted by atomic mass is 9.79. The maximum atomic E-state index is 12.4. The summed E-state index contributed by atoms with van der Waals surface area (Å²) in [5, 5.41) is 33.3. The first kappa shape index (κ1) is 26.6. The van der Waals surface area contributed by atoms with Crippen molar-refractivity contribution in [1.82, 2.24) is 10.6 Å². The zero-order valence-corrected chi connectivity index (χ0v) is 18.9. The van der Waals surface area contributed by atoms with Gasteiger partial charge in [-0.2, -0.15) is 5.26 Å². The lowest BCUT2D eigenvalue weighted by Crippen LogP contribution is -2.32. The highest BCUT2D eigenvalue weighted by atomic mass is 16.5. The van der Waals surface area contributed by atoms with E-state index in [1.807, 2.05) is 24.3 Å². The molecule has 0 aliphatic heterocycles. The minimum absolute atomic E-state index is 0.0364. The second kappa shape index (κ2) is 14.5. The summed E-state index contributed by atoms with van der Waals surface area (Å²) in [6.07, 6.45) is 1.47. The number of nitrogens with one attached hydrogen (secondary N) is 2. The molecule has 0 unspecified atom stereocenters. The summed E-state index contributed by atoms with van der Waals surface area (Å²) in [6, 6.07) is 17.2. The van der Waals surface area contributed by atoms with Crippen molar-refractivity contribution < 1.29 is 29.1 Å². The van der Waals surface area contributed by atoms with Gasteiger partial charge in [-0.05, 0) is 29.3 Å². The smallest absolute Gasteiger partial charge is 0.453 e. The highest BCUT2D eigenvalue weighted by Crippen LogP contribution is 2.19. The first-order valence-corrected chi connectivity index (χ1v) is 10.7. The summed E-state index contributed by atoms with van der Waals surface area (Å²) in [6.45, 7) is 0.723. The van der Waals surface area contributed by atoms with Crippen molar-refractivity contribution in [2.75, 3.05) is 26.9 Å². The lowest BCUT2D eigenvalue weighted by molar-refractivity contribution is -0.122. The van der Waals surface area contributed by atoms with Gasteiger partial charge in [-0.15, -0.1) is 0 Å². The molecule has 9 nitrogen and oxygen atoms in total. The molecule has 4 N–H and O–H groups in total. The first-order chi connectivity index (χ1) is 16.4. The number of nitriles is 1. The van der Waals surface area contributed by atoms with Crippen LogP contribution in [0.2, 0.25) is 6.32 Å². The number of hydrogen-bond donors (Lipinski definition) is 4. The van der Waals surface area contributed by atoms with Gasteiger partial charge in [0, 0.05) is 20.0 Å². The molecule has 0 spiro atoms. The second-order valence-corrected chi connectivity index (χ2v) is 7.34. The molecule has 0 saturated carbocycles. The maximum Gasteiger partial charge on any atom is 0.453 e. The van der Waals surface area contributed by atoms with Gasteiger partial charge in [0.2, 0.25) is 5.91 Å². The number of carbonyl (C=O) groups excluding carboxylic acids is 2. The first-order valence-electron chi connectivity index (χ1n) is 10.7. The van der Waals surface area contributed by atoms with E-state index in [-0.39, 0.29) is 30.8 Å². The minimum Gasteiger partial charge on any atom is -0.493 e. The Bertz CT molecular complexity index is 1010. The number of carbonyl (C=O) groups is 2. The van der Waals surface area contributed by atoms with Gasteiger partial charge in [0.15, 0.2) is 0 Å². The average molecular weight is 465 g/mol. The molecule has 0 bridgehead atoms. The maximum absolute atomic E-state index is 12.4. The van der Waals surface area contributed by atoms with E-state index in [1.54, 1.807) is 36.4 Å². The number of amides is 2. The molecule has 2 aromatic rings. The van der Waals surface area contributed by atoms with Crippen molar-refractivity contribution in [2.24, 2.45) is 0 Å². The number of hydrogen-bond acceptors (Lipinski definition) is 7. The number of rotatable bonds is 13. The van der Waals surface area contributed by atoms with Gasteiger partial charge in [-0.25, -0.2) is 0 Å². The van der Waals surface area contributed by atoms with E-state index in [1.165, 1.54) is 13.2 Å². The molecular weight excluding hydrogens is 437 g/mol. The fourth-order valence-corrected chi connectivity index (χ4v) is 3.07. The van der Waals surface area contributed by atoms with Crippen LogP contribution < -0.4 is 15.4 Å². The molecule has 0 fully saturated rings. The van der Waals surface area contributed by atoms with Crippen molar-refractivity contribution in [3.05, 3.63) is 71.3 Å². The Morgan fingerprint density at radius 2 is 1.91 bits per heavy atom. The van der Waals surface area contributed by atoms with E-state index in [9.17, 15) is 24.9 Å². The third-order valence-electron chi connectivity index (χ3n) is 4.71. The summed E-state index contributed by atoms with van der Waals surface area (Å²) < 4.78 is 10.5. The average Bonchev–Trinajstić information content (AvgIpc) is 2.82. The Kier molecular flexibility index (Phi) is 11.3. The van der Waals surface area contributed by atoms with Crippen LogP contribution in [0.25, 0.3) is 6.08 Å². The second-order valence-electron chi connectivity index (χ2n) is 7.34. The monoisotopic (exact) mass is 465 g/mol. The summed E-state index contributed by atoms with van der Waals surface area (Å²) in [5.74, 6) is -0.322. The number of benzene rings is 2. The van der Waals surface area contributed by atoms with Gasteiger partial charge < -0.3 is 30.2 Å². The molecule has 0 saturated heterocycles. The molecule has 0 aromatic heterocycles. The Morgan fingerprint density at radius 3 is 2.59 bits per heavy atom. The Labute approximate surface area is 199 Å². The topological polar surface area (TPSA) is 141 Å². The third-order valence-corrected chi connectivity index (χ3v) is 4.71. The fraction of sp³-hybridized carbons (Fsp3) is 0.292. The van der Waals surface area contributed by atoms with Crippen molar-refractivity contribution in [1.29, 1.82) is 5.26 Å². The van der Waals surface area contributed by atoms with E-state index in [0.29, 0.717) is 24.5 Å². The van der Waals surface area contributed by atoms with Gasteiger partial charge in [-0.1, -0.05) is 42.5 Å². The van der Waals surface area contributed by atoms with E-state index in [2.05, 4.69) is 10.6 Å². The van der Waals surface area contributed by atoms with Crippen LogP contribution in [0.15, 0.2) is 60.2 Å². The van der Waals surface area contributed by atoms with Gasteiger partial charge in [0.1, 0.15) is 17.4 Å². The van der Waals surface area contributed by atoms with Crippen LogP contribution in [-0.4, -0.2) is 55.8 Å². The molecule has 0 radical (unpaired) electrons. The van der Waals surface area contributed by atoms with E-state index < -0.39 is 19.1 Å². The molecule has 10 heteroatoms. The zero-order valence-electron chi connectivity index (χ0n) is 18.9. The molecule has 0 heterocycles. The zero-order chi connectivity index (χ0) is 24.8. The largest absolute Gasteiger partial charge is 0.493 e. The van der Waals surface area contributed by atoms with Crippen LogP contribution in [-0.2, 0) is 14.3 Å². The lowest BCUT2D eigenvalue weighted by Gasteiger charge is -2.19. The molecule has 2 rings (SSSR count). The Balaban J connectivity index is 1.92. The van der Waals surface area contributed by atoms with Crippen molar-refractivity contribution in [3.8, 4) is 11.8 Å². The third kappa shape index (κ3) is 9.46. The standard InChI is InChI=1S/C24H28BN3O6/c1-33-13-11-27-24(30)20(17-26)14-18-6-5-9-21(15-18)34-12-10-23(29)28-22(16-25(31)32)19-7-3-2-4-8-19/h2-9,14-15,22,31-32H,10-13,16H2,1H3,(H,27,30)(H,28,29)/t22-/m0/s1. The van der Waals surface area contributed by atoms with Crippen molar-refractivity contribution in [3.63, 3.8) is 0 Å². The van der Waals surface area contributed by atoms with Crippen LogP contribution in [0.1, 0.15) is 23.6 Å². The summed E-state index contributed by atoms with van der Waals surface area (Å²) in [7, 11) is -0.0402.